The number of nitriles is 1. The number of nitrogens with zero attached hydrogens (tertiary/aromatic N) is 1. The minimum Gasteiger partial charge on any atom is -0.444 e. The summed E-state index contributed by atoms with van der Waals surface area (Å²) in [5, 5.41) is 15.2. The molecule has 1 aromatic carbocycles. The molecule has 0 aliphatic heterocycles. The van der Waals surface area contributed by atoms with Gasteiger partial charge in [0.2, 0.25) is 0 Å². The highest BCUT2D eigenvalue weighted by Gasteiger charge is 2.19. The molecule has 1 amide bonds. The summed E-state index contributed by atoms with van der Waals surface area (Å²) >= 11 is 0. The Morgan fingerprint density at radius 1 is 1.22 bits per heavy atom. The molecule has 0 fully saturated rings. The first-order valence-corrected chi connectivity index (χ1v) is 7.79. The Bertz CT molecular complexity index is 565. The SMILES string of the molecule is CC(CNC(=O)OC(C)(C)C)Nc1ccc(C(C)(C)C#N)cc1. The van der Waals surface area contributed by atoms with Crippen LogP contribution in [-0.2, 0) is 10.2 Å². The van der Waals surface area contributed by atoms with Crippen LogP contribution in [0, 0.1) is 11.3 Å². The molecule has 0 heterocycles. The van der Waals surface area contributed by atoms with E-state index in [4.69, 9.17) is 10.00 Å². The highest BCUT2D eigenvalue weighted by atomic mass is 16.6. The largest absolute Gasteiger partial charge is 0.444 e. The van der Waals surface area contributed by atoms with Gasteiger partial charge in [-0.3, -0.25) is 0 Å². The van der Waals surface area contributed by atoms with Gasteiger partial charge in [-0.05, 0) is 59.2 Å². The summed E-state index contributed by atoms with van der Waals surface area (Å²) in [4.78, 5) is 11.6. The molecule has 1 atom stereocenters. The van der Waals surface area contributed by atoms with Gasteiger partial charge >= 0.3 is 6.09 Å². The van der Waals surface area contributed by atoms with Gasteiger partial charge in [-0.1, -0.05) is 12.1 Å². The maximum atomic E-state index is 11.6. The first kappa shape index (κ1) is 18.8. The molecule has 5 heteroatoms. The second-order valence-electron chi connectivity index (χ2n) is 7.24. The zero-order chi connectivity index (χ0) is 17.7. The first-order chi connectivity index (χ1) is 10.5. The van der Waals surface area contributed by atoms with Crippen molar-refractivity contribution in [3.63, 3.8) is 0 Å². The summed E-state index contributed by atoms with van der Waals surface area (Å²) in [6.45, 7) is 11.7. The molecule has 126 valence electrons. The average molecular weight is 317 g/mol. The van der Waals surface area contributed by atoms with Crippen LogP contribution in [0.2, 0.25) is 0 Å². The second-order valence-corrected chi connectivity index (χ2v) is 7.24. The summed E-state index contributed by atoms with van der Waals surface area (Å²) in [6, 6.07) is 10.1. The predicted octanol–water partition coefficient (Wildman–Crippen LogP) is 3.81. The highest BCUT2D eigenvalue weighted by molar-refractivity contribution is 5.67. The van der Waals surface area contributed by atoms with Crippen molar-refractivity contribution in [2.24, 2.45) is 0 Å². The summed E-state index contributed by atoms with van der Waals surface area (Å²) in [5.41, 5.74) is 0.929. The van der Waals surface area contributed by atoms with E-state index >= 15 is 0 Å². The molecule has 0 aliphatic carbocycles. The van der Waals surface area contributed by atoms with Gasteiger partial charge in [-0.15, -0.1) is 0 Å². The molecule has 0 aliphatic rings. The van der Waals surface area contributed by atoms with Gasteiger partial charge in [0, 0.05) is 18.3 Å². The van der Waals surface area contributed by atoms with E-state index < -0.39 is 17.1 Å². The molecule has 0 saturated heterocycles. The number of carbonyl (C=O) groups is 1. The quantitative estimate of drug-likeness (QED) is 0.866. The van der Waals surface area contributed by atoms with E-state index in [2.05, 4.69) is 16.7 Å². The summed E-state index contributed by atoms with van der Waals surface area (Å²) < 4.78 is 5.20. The molecule has 23 heavy (non-hydrogen) atoms. The molecule has 2 N–H and O–H groups in total. The molecule has 0 aromatic heterocycles. The normalized spacial score (nSPS) is 12.9. The van der Waals surface area contributed by atoms with Gasteiger partial charge < -0.3 is 15.4 Å². The third kappa shape index (κ3) is 6.60. The average Bonchev–Trinajstić information content (AvgIpc) is 2.44. The fraction of sp³-hybridized carbons (Fsp3) is 0.556. The van der Waals surface area contributed by atoms with Crippen LogP contribution in [0.15, 0.2) is 24.3 Å². The molecule has 0 spiro atoms. The smallest absolute Gasteiger partial charge is 0.407 e. The van der Waals surface area contributed by atoms with Crippen molar-refractivity contribution in [3.8, 4) is 6.07 Å². The van der Waals surface area contributed by atoms with Crippen LogP contribution in [0.3, 0.4) is 0 Å². The monoisotopic (exact) mass is 317 g/mol. The fourth-order valence-electron chi connectivity index (χ4n) is 1.93. The molecule has 5 nitrogen and oxygen atoms in total. The van der Waals surface area contributed by atoms with Gasteiger partial charge in [0.05, 0.1) is 11.5 Å². The third-order valence-electron chi connectivity index (χ3n) is 3.25. The Morgan fingerprint density at radius 3 is 2.26 bits per heavy atom. The predicted molar refractivity (Wildman–Crippen MR) is 92.4 cm³/mol. The van der Waals surface area contributed by atoms with E-state index in [0.717, 1.165) is 11.3 Å². The van der Waals surface area contributed by atoms with E-state index in [1.165, 1.54) is 0 Å². The van der Waals surface area contributed by atoms with Gasteiger partial charge in [-0.2, -0.15) is 5.26 Å². The van der Waals surface area contributed by atoms with E-state index in [-0.39, 0.29) is 6.04 Å². The minimum absolute atomic E-state index is 0.0531. The number of nitrogens with one attached hydrogen (secondary N) is 2. The molecule has 0 bridgehead atoms. The second kappa shape index (κ2) is 7.36. The number of anilines is 1. The molecule has 1 rings (SSSR count). The molecule has 0 saturated carbocycles. The number of carbonyl (C=O) groups excluding carboxylic acids is 1. The van der Waals surface area contributed by atoms with Crippen LogP contribution >= 0.6 is 0 Å². The maximum Gasteiger partial charge on any atom is 0.407 e. The molecular weight excluding hydrogens is 290 g/mol. The zero-order valence-corrected chi connectivity index (χ0v) is 14.9. The number of hydrogen-bond acceptors (Lipinski definition) is 4. The lowest BCUT2D eigenvalue weighted by atomic mass is 9.86. The highest BCUT2D eigenvalue weighted by Crippen LogP contribution is 2.23. The standard InChI is InChI=1S/C18H27N3O2/c1-13(11-20-16(22)23-17(2,3)4)21-15-9-7-14(8-10-15)18(5,6)12-19/h7-10,13,21H,11H2,1-6H3,(H,20,22). The first-order valence-electron chi connectivity index (χ1n) is 7.79. The van der Waals surface area contributed by atoms with Gasteiger partial charge in [0.25, 0.3) is 0 Å². The lowest BCUT2D eigenvalue weighted by Crippen LogP contribution is -2.38. The van der Waals surface area contributed by atoms with Crippen molar-refractivity contribution in [2.45, 2.75) is 58.6 Å². The minimum atomic E-state index is -0.498. The number of rotatable bonds is 5. The van der Waals surface area contributed by atoms with Crippen molar-refractivity contribution in [1.29, 1.82) is 5.26 Å². The van der Waals surface area contributed by atoms with Crippen molar-refractivity contribution in [2.75, 3.05) is 11.9 Å². The number of alkyl carbamates (subject to hydrolysis) is 1. The van der Waals surface area contributed by atoms with Gasteiger partial charge in [-0.25, -0.2) is 4.79 Å². The Kier molecular flexibility index (Phi) is 6.03. The van der Waals surface area contributed by atoms with E-state index in [1.54, 1.807) is 0 Å². The van der Waals surface area contributed by atoms with Crippen molar-refractivity contribution in [1.82, 2.24) is 5.32 Å². The fourth-order valence-corrected chi connectivity index (χ4v) is 1.93. The molecule has 0 radical (unpaired) electrons. The van der Waals surface area contributed by atoms with Crippen LogP contribution in [0.1, 0.15) is 47.1 Å². The third-order valence-corrected chi connectivity index (χ3v) is 3.25. The van der Waals surface area contributed by atoms with Crippen molar-refractivity contribution >= 4 is 11.8 Å². The summed E-state index contributed by atoms with van der Waals surface area (Å²) in [6.07, 6.45) is -0.419. The lowest BCUT2D eigenvalue weighted by Gasteiger charge is -2.22. The Morgan fingerprint density at radius 2 is 1.78 bits per heavy atom. The van der Waals surface area contributed by atoms with E-state index in [0.29, 0.717) is 6.54 Å². The Labute approximate surface area is 139 Å². The lowest BCUT2D eigenvalue weighted by molar-refractivity contribution is 0.0526. The van der Waals surface area contributed by atoms with Crippen LogP contribution in [0.4, 0.5) is 10.5 Å². The number of hydrogen-bond donors (Lipinski definition) is 2. The number of ether oxygens (including phenoxy) is 1. The Hall–Kier alpha value is -2.22. The molecule has 1 unspecified atom stereocenters. The summed E-state index contributed by atoms with van der Waals surface area (Å²) in [7, 11) is 0. The maximum absolute atomic E-state index is 11.6. The molecular formula is C18H27N3O2. The topological polar surface area (TPSA) is 74.2 Å². The van der Waals surface area contributed by atoms with Crippen LogP contribution in [0.5, 0.6) is 0 Å². The van der Waals surface area contributed by atoms with Crippen LogP contribution in [-0.4, -0.2) is 24.3 Å². The summed E-state index contributed by atoms with van der Waals surface area (Å²) in [5.74, 6) is 0. The van der Waals surface area contributed by atoms with Gasteiger partial charge in [0.1, 0.15) is 5.60 Å². The van der Waals surface area contributed by atoms with Gasteiger partial charge in [0.15, 0.2) is 0 Å². The number of benzene rings is 1. The van der Waals surface area contributed by atoms with Crippen LogP contribution in [0.25, 0.3) is 0 Å². The van der Waals surface area contributed by atoms with E-state index in [9.17, 15) is 4.79 Å². The molecule has 1 aromatic rings. The van der Waals surface area contributed by atoms with E-state index in [1.807, 2.05) is 65.8 Å². The van der Waals surface area contributed by atoms with Crippen molar-refractivity contribution < 1.29 is 9.53 Å². The van der Waals surface area contributed by atoms with Crippen LogP contribution < -0.4 is 10.6 Å². The zero-order valence-electron chi connectivity index (χ0n) is 14.9. The van der Waals surface area contributed by atoms with Crippen molar-refractivity contribution in [3.05, 3.63) is 29.8 Å². The number of amides is 1. The Balaban J connectivity index is 2.51.